The molecule has 2 aromatic heterocycles. The summed E-state index contributed by atoms with van der Waals surface area (Å²) in [6.07, 6.45) is 5.24. The van der Waals surface area contributed by atoms with Crippen molar-refractivity contribution < 1.29 is 4.74 Å². The van der Waals surface area contributed by atoms with Crippen molar-refractivity contribution >= 4 is 17.2 Å². The highest BCUT2D eigenvalue weighted by Gasteiger charge is 2.31. The van der Waals surface area contributed by atoms with Gasteiger partial charge in [-0.3, -0.25) is 14.1 Å². The lowest BCUT2D eigenvalue weighted by molar-refractivity contribution is 0.161. The highest BCUT2D eigenvalue weighted by atomic mass is 35.5. The predicted molar refractivity (Wildman–Crippen MR) is 88.8 cm³/mol. The molecule has 1 aliphatic heterocycles. The van der Waals surface area contributed by atoms with E-state index < -0.39 is 0 Å². The topological polar surface area (TPSA) is 46.8 Å². The summed E-state index contributed by atoms with van der Waals surface area (Å²) in [5.74, 6) is 0.607. The molecule has 0 amide bonds. The van der Waals surface area contributed by atoms with Crippen LogP contribution in [0.25, 0.3) is 5.65 Å². The monoisotopic (exact) mass is 333 g/mol. The Kier molecular flexibility index (Phi) is 4.09. The summed E-state index contributed by atoms with van der Waals surface area (Å²) in [6.45, 7) is 3.50. The Morgan fingerprint density at radius 2 is 2.22 bits per heavy atom. The quantitative estimate of drug-likeness (QED) is 0.842. The SMILES string of the molecule is O=c1cc(CN(CC2CCOC2)C2CC2)nc2ccc(Cl)cn12. The van der Waals surface area contributed by atoms with E-state index in [4.69, 9.17) is 16.3 Å². The molecule has 3 heterocycles. The first-order valence-corrected chi connectivity index (χ1v) is 8.56. The number of halogens is 1. The lowest BCUT2D eigenvalue weighted by Crippen LogP contribution is -2.32. The number of hydrogen-bond donors (Lipinski definition) is 0. The van der Waals surface area contributed by atoms with E-state index in [1.54, 1.807) is 24.4 Å². The number of hydrogen-bond acceptors (Lipinski definition) is 4. The van der Waals surface area contributed by atoms with Crippen molar-refractivity contribution in [2.24, 2.45) is 5.92 Å². The molecule has 1 aliphatic carbocycles. The normalized spacial score (nSPS) is 21.4. The van der Waals surface area contributed by atoms with E-state index in [1.807, 2.05) is 0 Å². The van der Waals surface area contributed by atoms with E-state index in [9.17, 15) is 4.79 Å². The molecular weight excluding hydrogens is 314 g/mol. The van der Waals surface area contributed by atoms with Gasteiger partial charge in [0.05, 0.1) is 17.3 Å². The second-order valence-electron chi connectivity index (χ2n) is 6.55. The summed E-state index contributed by atoms with van der Waals surface area (Å²) < 4.78 is 6.99. The molecule has 4 rings (SSSR count). The molecule has 122 valence electrons. The molecule has 1 saturated heterocycles. The maximum absolute atomic E-state index is 12.3. The molecule has 0 spiro atoms. The first-order chi connectivity index (χ1) is 11.2. The van der Waals surface area contributed by atoms with Crippen LogP contribution in [0.5, 0.6) is 0 Å². The second-order valence-corrected chi connectivity index (χ2v) is 6.99. The van der Waals surface area contributed by atoms with Crippen molar-refractivity contribution in [3.63, 3.8) is 0 Å². The van der Waals surface area contributed by atoms with Crippen LogP contribution in [0.2, 0.25) is 5.02 Å². The number of ether oxygens (including phenoxy) is 1. The van der Waals surface area contributed by atoms with E-state index in [2.05, 4.69) is 9.88 Å². The van der Waals surface area contributed by atoms with Gasteiger partial charge in [-0.25, -0.2) is 4.98 Å². The van der Waals surface area contributed by atoms with Gasteiger partial charge < -0.3 is 4.74 Å². The third kappa shape index (κ3) is 3.42. The van der Waals surface area contributed by atoms with Gasteiger partial charge >= 0.3 is 0 Å². The number of pyridine rings is 1. The zero-order chi connectivity index (χ0) is 15.8. The molecule has 2 aliphatic rings. The Morgan fingerprint density at radius 3 is 2.96 bits per heavy atom. The fraction of sp³-hybridized carbons (Fsp3) is 0.529. The van der Waals surface area contributed by atoms with E-state index in [0.29, 0.717) is 22.6 Å². The molecule has 1 saturated carbocycles. The van der Waals surface area contributed by atoms with Gasteiger partial charge in [0.1, 0.15) is 5.65 Å². The number of rotatable bonds is 5. The molecule has 23 heavy (non-hydrogen) atoms. The van der Waals surface area contributed by atoms with E-state index >= 15 is 0 Å². The average molecular weight is 334 g/mol. The Morgan fingerprint density at radius 1 is 1.35 bits per heavy atom. The highest BCUT2D eigenvalue weighted by molar-refractivity contribution is 6.30. The molecule has 0 radical (unpaired) electrons. The fourth-order valence-corrected chi connectivity index (χ4v) is 3.42. The van der Waals surface area contributed by atoms with E-state index in [0.717, 1.165) is 38.4 Å². The van der Waals surface area contributed by atoms with Crippen molar-refractivity contribution in [3.8, 4) is 0 Å². The van der Waals surface area contributed by atoms with Crippen LogP contribution in [0, 0.1) is 5.92 Å². The van der Waals surface area contributed by atoms with Crippen LogP contribution < -0.4 is 5.56 Å². The Hall–Kier alpha value is -1.43. The van der Waals surface area contributed by atoms with Crippen molar-refractivity contribution in [2.45, 2.75) is 31.8 Å². The third-order valence-corrected chi connectivity index (χ3v) is 4.85. The summed E-state index contributed by atoms with van der Waals surface area (Å²) in [5, 5.41) is 0.537. The summed E-state index contributed by atoms with van der Waals surface area (Å²) in [6, 6.07) is 5.83. The van der Waals surface area contributed by atoms with Crippen LogP contribution in [0.4, 0.5) is 0 Å². The molecule has 0 aromatic carbocycles. The molecule has 1 atom stereocenters. The summed E-state index contributed by atoms with van der Waals surface area (Å²) in [7, 11) is 0. The summed E-state index contributed by atoms with van der Waals surface area (Å²) in [4.78, 5) is 19.4. The van der Waals surface area contributed by atoms with Gasteiger partial charge in [-0.1, -0.05) is 11.6 Å². The van der Waals surface area contributed by atoms with Crippen LogP contribution >= 0.6 is 11.6 Å². The molecule has 2 fully saturated rings. The van der Waals surface area contributed by atoms with E-state index in [1.165, 1.54) is 17.2 Å². The lowest BCUT2D eigenvalue weighted by atomic mass is 10.1. The van der Waals surface area contributed by atoms with Gasteiger partial charge in [-0.15, -0.1) is 0 Å². The van der Waals surface area contributed by atoms with Crippen LogP contribution in [0.3, 0.4) is 0 Å². The molecule has 5 nitrogen and oxygen atoms in total. The first kappa shape index (κ1) is 15.1. The van der Waals surface area contributed by atoms with Gasteiger partial charge in [-0.05, 0) is 37.3 Å². The summed E-state index contributed by atoms with van der Waals surface area (Å²) >= 11 is 5.95. The molecule has 0 bridgehead atoms. The Bertz CT molecular complexity index is 766. The van der Waals surface area contributed by atoms with Crippen molar-refractivity contribution in [3.05, 3.63) is 45.5 Å². The molecule has 6 heteroatoms. The Balaban J connectivity index is 1.57. The second kappa shape index (κ2) is 6.23. The number of nitrogens with zero attached hydrogens (tertiary/aromatic N) is 3. The van der Waals surface area contributed by atoms with Crippen LogP contribution in [-0.4, -0.2) is 40.1 Å². The smallest absolute Gasteiger partial charge is 0.258 e. The van der Waals surface area contributed by atoms with Gasteiger partial charge in [0.2, 0.25) is 0 Å². The van der Waals surface area contributed by atoms with E-state index in [-0.39, 0.29) is 5.56 Å². The van der Waals surface area contributed by atoms with Gasteiger partial charge in [-0.2, -0.15) is 0 Å². The maximum atomic E-state index is 12.3. The lowest BCUT2D eigenvalue weighted by Gasteiger charge is -2.24. The first-order valence-electron chi connectivity index (χ1n) is 8.19. The Labute approximate surface area is 139 Å². The standard InChI is InChI=1S/C17H20ClN3O2/c18-13-1-4-16-19-14(7-17(22)21(16)9-13)10-20(15-2-3-15)8-12-5-6-23-11-12/h1,4,7,9,12,15H,2-3,5-6,8,10-11H2. The minimum Gasteiger partial charge on any atom is -0.381 e. The fourth-order valence-electron chi connectivity index (χ4n) is 3.26. The van der Waals surface area contributed by atoms with Gasteiger partial charge in [0.25, 0.3) is 5.56 Å². The van der Waals surface area contributed by atoms with Crippen molar-refractivity contribution in [2.75, 3.05) is 19.8 Å². The number of fused-ring (bicyclic) bond motifs is 1. The average Bonchev–Trinajstić information content (AvgIpc) is 3.25. The summed E-state index contributed by atoms with van der Waals surface area (Å²) in [5.41, 5.74) is 1.41. The van der Waals surface area contributed by atoms with Crippen molar-refractivity contribution in [1.82, 2.24) is 14.3 Å². The minimum absolute atomic E-state index is 0.0764. The zero-order valence-corrected chi connectivity index (χ0v) is 13.7. The largest absolute Gasteiger partial charge is 0.381 e. The molecule has 0 N–H and O–H groups in total. The molecular formula is C17H20ClN3O2. The predicted octanol–water partition coefficient (Wildman–Crippen LogP) is 2.35. The van der Waals surface area contributed by atoms with Crippen LogP contribution in [-0.2, 0) is 11.3 Å². The molecule has 2 aromatic rings. The minimum atomic E-state index is -0.0764. The van der Waals surface area contributed by atoms with Crippen LogP contribution in [0.15, 0.2) is 29.2 Å². The van der Waals surface area contributed by atoms with Gasteiger partial charge in [0, 0.05) is 38.0 Å². The zero-order valence-electron chi connectivity index (χ0n) is 12.9. The van der Waals surface area contributed by atoms with Crippen LogP contribution in [0.1, 0.15) is 25.0 Å². The van der Waals surface area contributed by atoms with Gasteiger partial charge in [0.15, 0.2) is 0 Å². The highest BCUT2D eigenvalue weighted by Crippen LogP contribution is 2.30. The molecule has 1 unspecified atom stereocenters. The number of aromatic nitrogens is 2. The maximum Gasteiger partial charge on any atom is 0.258 e. The third-order valence-electron chi connectivity index (χ3n) is 4.62. The van der Waals surface area contributed by atoms with Crippen molar-refractivity contribution in [1.29, 1.82) is 0 Å².